The number of anilines is 1. The topological polar surface area (TPSA) is 69.0 Å². The average Bonchev–Trinajstić information content (AvgIpc) is 3.21. The summed E-state index contributed by atoms with van der Waals surface area (Å²) in [5, 5.41) is 12.0. The summed E-state index contributed by atoms with van der Waals surface area (Å²) < 4.78 is 20.9. The molecule has 1 aromatic heterocycles. The minimum atomic E-state index is -0.402. The molecule has 0 aliphatic rings. The van der Waals surface area contributed by atoms with E-state index < -0.39 is 5.82 Å². The lowest BCUT2D eigenvalue weighted by molar-refractivity contribution is -0.113. The second kappa shape index (κ2) is 10.8. The number of ether oxygens (including phenoxy) is 1. The van der Waals surface area contributed by atoms with Gasteiger partial charge in [-0.2, -0.15) is 0 Å². The molecule has 4 rings (SSSR count). The zero-order valence-electron chi connectivity index (χ0n) is 18.1. The second-order valence-corrected chi connectivity index (χ2v) is 8.11. The Morgan fingerprint density at radius 3 is 2.55 bits per heavy atom. The van der Waals surface area contributed by atoms with Crippen molar-refractivity contribution in [1.29, 1.82) is 0 Å². The number of carbonyl (C=O) groups is 1. The predicted octanol–water partition coefficient (Wildman–Crippen LogP) is 5.13. The number of rotatable bonds is 9. The van der Waals surface area contributed by atoms with Crippen molar-refractivity contribution in [2.24, 2.45) is 0 Å². The van der Waals surface area contributed by atoms with Crippen molar-refractivity contribution in [3.05, 3.63) is 96.1 Å². The van der Waals surface area contributed by atoms with Gasteiger partial charge in [-0.15, -0.1) is 10.2 Å². The molecule has 33 heavy (non-hydrogen) atoms. The molecule has 0 bridgehead atoms. The molecule has 0 fully saturated rings. The number of thioether (sulfide) groups is 1. The maximum atomic E-state index is 13.4. The number of halogens is 1. The van der Waals surface area contributed by atoms with Crippen LogP contribution >= 0.6 is 11.8 Å². The number of benzene rings is 3. The van der Waals surface area contributed by atoms with Crippen LogP contribution < -0.4 is 10.1 Å². The highest BCUT2D eigenvalue weighted by atomic mass is 32.2. The first-order chi connectivity index (χ1) is 16.1. The molecule has 168 valence electrons. The van der Waals surface area contributed by atoms with Crippen molar-refractivity contribution in [2.75, 3.05) is 17.7 Å². The molecular weight excluding hydrogens is 439 g/mol. The summed E-state index contributed by atoms with van der Waals surface area (Å²) in [7, 11) is 0. The van der Waals surface area contributed by atoms with E-state index in [4.69, 9.17) is 4.74 Å². The van der Waals surface area contributed by atoms with E-state index in [9.17, 15) is 9.18 Å². The number of carbonyl (C=O) groups excluding carboxylic acids is 1. The number of hydrogen-bond donors (Lipinski definition) is 1. The van der Waals surface area contributed by atoms with Crippen LogP contribution in [0.1, 0.15) is 18.3 Å². The van der Waals surface area contributed by atoms with E-state index in [1.807, 2.05) is 66.1 Å². The highest BCUT2D eigenvalue weighted by molar-refractivity contribution is 7.99. The molecule has 0 aliphatic heterocycles. The maximum absolute atomic E-state index is 13.4. The zero-order valence-corrected chi connectivity index (χ0v) is 18.9. The monoisotopic (exact) mass is 462 g/mol. The number of amides is 1. The van der Waals surface area contributed by atoms with Gasteiger partial charge in [0, 0.05) is 17.8 Å². The Labute approximate surface area is 195 Å². The highest BCUT2D eigenvalue weighted by Crippen LogP contribution is 2.25. The largest absolute Gasteiger partial charge is 0.494 e. The van der Waals surface area contributed by atoms with Gasteiger partial charge in [-0.05, 0) is 55.0 Å². The third-order valence-corrected chi connectivity index (χ3v) is 5.68. The molecule has 0 unspecified atom stereocenters. The van der Waals surface area contributed by atoms with Crippen LogP contribution in [0, 0.1) is 5.82 Å². The minimum Gasteiger partial charge on any atom is -0.494 e. The van der Waals surface area contributed by atoms with Crippen LogP contribution in [0.2, 0.25) is 0 Å². The van der Waals surface area contributed by atoms with E-state index in [1.165, 1.54) is 23.9 Å². The Morgan fingerprint density at radius 2 is 1.82 bits per heavy atom. The van der Waals surface area contributed by atoms with E-state index in [0.29, 0.717) is 23.9 Å². The van der Waals surface area contributed by atoms with Gasteiger partial charge in [0.2, 0.25) is 5.91 Å². The summed E-state index contributed by atoms with van der Waals surface area (Å²) in [5.41, 5.74) is 2.40. The van der Waals surface area contributed by atoms with E-state index in [0.717, 1.165) is 22.8 Å². The molecule has 0 radical (unpaired) electrons. The van der Waals surface area contributed by atoms with Crippen molar-refractivity contribution in [1.82, 2.24) is 14.8 Å². The van der Waals surface area contributed by atoms with Gasteiger partial charge in [0.15, 0.2) is 5.16 Å². The van der Waals surface area contributed by atoms with Crippen molar-refractivity contribution in [2.45, 2.75) is 18.5 Å². The van der Waals surface area contributed by atoms with Crippen LogP contribution in [0.15, 0.2) is 84.0 Å². The molecule has 0 aliphatic carbocycles. The smallest absolute Gasteiger partial charge is 0.234 e. The first-order valence-corrected chi connectivity index (χ1v) is 11.5. The first-order valence-electron chi connectivity index (χ1n) is 10.5. The average molecular weight is 463 g/mol. The molecule has 4 aromatic rings. The lowest BCUT2D eigenvalue weighted by atomic mass is 10.1. The van der Waals surface area contributed by atoms with E-state index in [2.05, 4.69) is 15.5 Å². The number of aromatic nitrogens is 3. The Hall–Kier alpha value is -3.65. The lowest BCUT2D eigenvalue weighted by Crippen LogP contribution is -2.14. The van der Waals surface area contributed by atoms with Gasteiger partial charge in [-0.25, -0.2) is 4.39 Å². The third-order valence-electron chi connectivity index (χ3n) is 4.75. The molecule has 3 aromatic carbocycles. The first kappa shape index (κ1) is 22.5. The lowest BCUT2D eigenvalue weighted by Gasteiger charge is -2.12. The van der Waals surface area contributed by atoms with Crippen LogP contribution in [0.4, 0.5) is 10.1 Å². The molecule has 0 saturated carbocycles. The maximum Gasteiger partial charge on any atom is 0.234 e. The SMILES string of the molecule is CCOc1ccc(-n2c(Cc3ccccc3)nnc2SCC(=O)Nc2cccc(F)c2)cc1. The van der Waals surface area contributed by atoms with Crippen LogP contribution in [0.25, 0.3) is 5.69 Å². The van der Waals surface area contributed by atoms with Crippen molar-refractivity contribution >= 4 is 23.4 Å². The molecule has 0 spiro atoms. The fourth-order valence-electron chi connectivity index (χ4n) is 3.30. The van der Waals surface area contributed by atoms with Gasteiger partial charge in [-0.1, -0.05) is 48.2 Å². The van der Waals surface area contributed by atoms with Crippen LogP contribution in [0.5, 0.6) is 5.75 Å². The van der Waals surface area contributed by atoms with Gasteiger partial charge < -0.3 is 10.1 Å². The number of hydrogen-bond acceptors (Lipinski definition) is 5. The van der Waals surface area contributed by atoms with Gasteiger partial charge >= 0.3 is 0 Å². The van der Waals surface area contributed by atoms with Gasteiger partial charge in [0.25, 0.3) is 0 Å². The Kier molecular flexibility index (Phi) is 7.36. The van der Waals surface area contributed by atoms with Crippen LogP contribution in [-0.2, 0) is 11.2 Å². The van der Waals surface area contributed by atoms with Crippen LogP contribution in [-0.4, -0.2) is 33.0 Å². The quantitative estimate of drug-likeness (QED) is 0.350. The third kappa shape index (κ3) is 5.98. The molecule has 0 atom stereocenters. The van der Waals surface area contributed by atoms with E-state index in [1.54, 1.807) is 12.1 Å². The summed E-state index contributed by atoms with van der Waals surface area (Å²) in [5.74, 6) is 0.996. The molecule has 0 saturated heterocycles. The summed E-state index contributed by atoms with van der Waals surface area (Å²) >= 11 is 1.27. The molecule has 8 heteroatoms. The molecule has 6 nitrogen and oxygen atoms in total. The Balaban J connectivity index is 1.55. The number of nitrogens with zero attached hydrogens (tertiary/aromatic N) is 3. The van der Waals surface area contributed by atoms with Gasteiger partial charge in [0.1, 0.15) is 17.4 Å². The minimum absolute atomic E-state index is 0.108. The predicted molar refractivity (Wildman–Crippen MR) is 128 cm³/mol. The van der Waals surface area contributed by atoms with Gasteiger partial charge in [0.05, 0.1) is 12.4 Å². The summed E-state index contributed by atoms with van der Waals surface area (Å²) in [6.45, 7) is 2.53. The Morgan fingerprint density at radius 1 is 1.03 bits per heavy atom. The Bertz CT molecular complexity index is 1210. The number of nitrogens with one attached hydrogen (secondary N) is 1. The van der Waals surface area contributed by atoms with E-state index >= 15 is 0 Å². The van der Waals surface area contributed by atoms with Crippen molar-refractivity contribution in [3.63, 3.8) is 0 Å². The fraction of sp³-hybridized carbons (Fsp3) is 0.160. The summed E-state index contributed by atoms with van der Waals surface area (Å²) in [6.07, 6.45) is 0.594. The van der Waals surface area contributed by atoms with Crippen LogP contribution in [0.3, 0.4) is 0 Å². The van der Waals surface area contributed by atoms with Crippen molar-refractivity contribution in [3.8, 4) is 11.4 Å². The van der Waals surface area contributed by atoms with E-state index in [-0.39, 0.29) is 11.7 Å². The second-order valence-electron chi connectivity index (χ2n) is 7.17. The summed E-state index contributed by atoms with van der Waals surface area (Å²) in [4.78, 5) is 12.4. The molecule has 1 N–H and O–H groups in total. The molecular formula is C25H23FN4O2S. The highest BCUT2D eigenvalue weighted by Gasteiger charge is 2.17. The normalized spacial score (nSPS) is 10.7. The fourth-order valence-corrected chi connectivity index (χ4v) is 4.07. The zero-order chi connectivity index (χ0) is 23.0. The molecule has 1 heterocycles. The van der Waals surface area contributed by atoms with Crippen molar-refractivity contribution < 1.29 is 13.9 Å². The standard InChI is InChI=1S/C25H23FN4O2S/c1-2-32-22-13-11-21(12-14-22)30-23(15-18-7-4-3-5-8-18)28-29-25(30)33-17-24(31)27-20-10-6-9-19(26)16-20/h3-14,16H,2,15,17H2,1H3,(H,27,31). The summed E-state index contributed by atoms with van der Waals surface area (Å²) in [6, 6.07) is 23.5. The van der Waals surface area contributed by atoms with Gasteiger partial charge in [-0.3, -0.25) is 9.36 Å². The molecule has 1 amide bonds.